The highest BCUT2D eigenvalue weighted by Gasteiger charge is 2.17. The molecule has 8 aromatic carbocycles. The number of aromatic nitrogens is 2. The van der Waals surface area contributed by atoms with Gasteiger partial charge < -0.3 is 18.6 Å². The average Bonchev–Trinajstić information content (AvgIpc) is 3.75. The highest BCUT2D eigenvalue weighted by molar-refractivity contribution is 6.12. The first-order valence-corrected chi connectivity index (χ1v) is 18.5. The van der Waals surface area contributed by atoms with E-state index in [1.54, 1.807) is 0 Å². The van der Waals surface area contributed by atoms with Crippen LogP contribution in [0.1, 0.15) is 13.8 Å². The Labute approximate surface area is 314 Å². The van der Waals surface area contributed by atoms with E-state index in [9.17, 15) is 0 Å². The molecule has 0 spiro atoms. The second-order valence-corrected chi connectivity index (χ2v) is 13.0. The predicted molar refractivity (Wildman–Crippen MR) is 225 cm³/mol. The molecule has 2 heterocycles. The number of benzene rings is 8. The molecule has 0 saturated carbocycles. The van der Waals surface area contributed by atoms with Crippen LogP contribution < -0.4 is 9.47 Å². The van der Waals surface area contributed by atoms with Gasteiger partial charge in [-0.15, -0.1) is 0 Å². The van der Waals surface area contributed by atoms with Crippen molar-refractivity contribution in [2.75, 3.05) is 0 Å². The van der Waals surface area contributed by atoms with E-state index in [2.05, 4.69) is 137 Å². The Morgan fingerprint density at radius 3 is 1.17 bits per heavy atom. The van der Waals surface area contributed by atoms with E-state index < -0.39 is 0 Å². The van der Waals surface area contributed by atoms with Crippen LogP contribution in [0.2, 0.25) is 0 Å². The quantitative estimate of drug-likeness (QED) is 0.166. The fourth-order valence-corrected chi connectivity index (χ4v) is 7.49. The minimum absolute atomic E-state index is 0.695. The summed E-state index contributed by atoms with van der Waals surface area (Å²) in [6.07, 6.45) is 0. The summed E-state index contributed by atoms with van der Waals surface area (Å²) in [5.74, 6) is 2.92. The van der Waals surface area contributed by atoms with Crippen LogP contribution in [-0.4, -0.2) is 9.13 Å². The first-order valence-electron chi connectivity index (χ1n) is 18.5. The van der Waals surface area contributed by atoms with Crippen LogP contribution >= 0.6 is 0 Å². The van der Waals surface area contributed by atoms with Crippen molar-refractivity contribution in [3.8, 4) is 45.5 Å². The van der Waals surface area contributed by atoms with Crippen molar-refractivity contribution in [3.63, 3.8) is 0 Å². The second-order valence-electron chi connectivity index (χ2n) is 13.0. The maximum atomic E-state index is 6.40. The lowest BCUT2D eigenvalue weighted by atomic mass is 10.0. The fraction of sp³-hybridized carbons (Fsp3) is 0.0400. The van der Waals surface area contributed by atoms with Gasteiger partial charge in [-0.05, 0) is 83.9 Å². The minimum Gasteiger partial charge on any atom is -0.457 e. The minimum atomic E-state index is 0.695. The topological polar surface area (TPSA) is 28.3 Å². The van der Waals surface area contributed by atoms with Crippen molar-refractivity contribution in [1.82, 2.24) is 9.13 Å². The number of fused-ring (bicyclic) bond motifs is 6. The number of para-hydroxylation sites is 5. The zero-order chi connectivity index (χ0) is 36.4. The van der Waals surface area contributed by atoms with Gasteiger partial charge in [-0.3, -0.25) is 0 Å². The summed E-state index contributed by atoms with van der Waals surface area (Å²) in [5.41, 5.74) is 9.07. The lowest BCUT2D eigenvalue weighted by Gasteiger charge is -2.14. The largest absolute Gasteiger partial charge is 0.457 e. The van der Waals surface area contributed by atoms with E-state index in [0.717, 1.165) is 33.9 Å². The van der Waals surface area contributed by atoms with Crippen LogP contribution in [0.3, 0.4) is 0 Å². The van der Waals surface area contributed by atoms with Gasteiger partial charge in [0.25, 0.3) is 0 Å². The van der Waals surface area contributed by atoms with Gasteiger partial charge in [0.1, 0.15) is 23.0 Å². The molecule has 0 radical (unpaired) electrons. The zero-order valence-corrected chi connectivity index (χ0v) is 30.2. The molecule has 4 nitrogen and oxygen atoms in total. The van der Waals surface area contributed by atoms with E-state index in [1.807, 2.05) is 80.6 Å². The fourth-order valence-electron chi connectivity index (χ4n) is 7.49. The Morgan fingerprint density at radius 1 is 0.296 bits per heavy atom. The van der Waals surface area contributed by atoms with Crippen LogP contribution in [-0.2, 0) is 0 Å². The number of nitrogens with zero attached hydrogens (tertiary/aromatic N) is 2. The predicted octanol–water partition coefficient (Wildman–Crippen LogP) is 14.2. The van der Waals surface area contributed by atoms with Crippen LogP contribution in [0.5, 0.6) is 23.0 Å². The Balaban J connectivity index is 0.00000189. The van der Waals surface area contributed by atoms with Gasteiger partial charge in [-0.25, -0.2) is 0 Å². The van der Waals surface area contributed by atoms with Crippen molar-refractivity contribution in [2.24, 2.45) is 0 Å². The molecule has 0 bridgehead atoms. The van der Waals surface area contributed by atoms with E-state index in [0.29, 0.717) is 11.5 Å². The van der Waals surface area contributed by atoms with Gasteiger partial charge in [0.05, 0.1) is 27.8 Å². The molecule has 54 heavy (non-hydrogen) atoms. The zero-order valence-electron chi connectivity index (χ0n) is 30.2. The van der Waals surface area contributed by atoms with Gasteiger partial charge in [0.2, 0.25) is 0 Å². The van der Waals surface area contributed by atoms with Gasteiger partial charge in [0, 0.05) is 45.4 Å². The van der Waals surface area contributed by atoms with Crippen molar-refractivity contribution in [1.29, 1.82) is 0 Å². The molecule has 0 atom stereocenters. The number of rotatable bonds is 7. The summed E-state index contributed by atoms with van der Waals surface area (Å²) in [7, 11) is 0. The van der Waals surface area contributed by atoms with Crippen LogP contribution in [0.15, 0.2) is 194 Å². The van der Waals surface area contributed by atoms with Gasteiger partial charge in [0.15, 0.2) is 0 Å². The average molecular weight is 699 g/mol. The Kier molecular flexibility index (Phi) is 8.62. The summed E-state index contributed by atoms with van der Waals surface area (Å²) in [6.45, 7) is 4.00. The van der Waals surface area contributed by atoms with Crippen molar-refractivity contribution < 1.29 is 9.47 Å². The normalized spacial score (nSPS) is 11.1. The summed E-state index contributed by atoms with van der Waals surface area (Å²) < 4.78 is 17.5. The molecule has 0 amide bonds. The van der Waals surface area contributed by atoms with E-state index in [-0.39, 0.29) is 0 Å². The smallest absolute Gasteiger partial charge is 0.133 e. The summed E-state index contributed by atoms with van der Waals surface area (Å²) in [6, 6.07) is 67.4. The molecule has 10 rings (SSSR count). The van der Waals surface area contributed by atoms with Crippen molar-refractivity contribution >= 4 is 43.6 Å². The number of hydrogen-bond acceptors (Lipinski definition) is 2. The van der Waals surface area contributed by atoms with E-state index in [4.69, 9.17) is 9.47 Å². The summed E-state index contributed by atoms with van der Waals surface area (Å²) in [4.78, 5) is 0. The SMILES string of the molecule is CC.c1ccc(Oc2cc(Oc3ccccc3)cc(-n3c4ccccc4c4cc(-c5ccc6c(c5)c5ccccc5n6-c5ccccc5)ccc43)c2)cc1. The highest BCUT2D eigenvalue weighted by Crippen LogP contribution is 2.40. The Bertz CT molecular complexity index is 2830. The molecule has 0 aliphatic carbocycles. The van der Waals surface area contributed by atoms with Crippen LogP contribution in [0.25, 0.3) is 66.1 Å². The number of ether oxygens (including phenoxy) is 2. The lowest BCUT2D eigenvalue weighted by molar-refractivity contribution is 0.460. The van der Waals surface area contributed by atoms with Crippen LogP contribution in [0.4, 0.5) is 0 Å². The van der Waals surface area contributed by atoms with E-state index >= 15 is 0 Å². The van der Waals surface area contributed by atoms with Crippen molar-refractivity contribution in [2.45, 2.75) is 13.8 Å². The van der Waals surface area contributed by atoms with Gasteiger partial charge in [-0.2, -0.15) is 0 Å². The molecule has 4 heteroatoms. The molecule has 2 aromatic heterocycles. The molecule has 0 aliphatic heterocycles. The standard InChI is InChI=1S/C48H32N2O2.C2H6/c1-4-14-35(15-5-1)49-45-22-12-10-20-41(45)43-28-33(24-26-47(43)49)34-25-27-48-44(29-34)42-21-11-13-23-46(42)50(48)36-30-39(51-37-16-6-2-7-17-37)32-40(31-36)52-38-18-8-3-9-19-38;1-2/h1-32H;1-2H3. The highest BCUT2D eigenvalue weighted by atomic mass is 16.5. The van der Waals surface area contributed by atoms with Crippen molar-refractivity contribution in [3.05, 3.63) is 194 Å². The molecule has 0 saturated heterocycles. The third-order valence-corrected chi connectivity index (χ3v) is 9.77. The summed E-state index contributed by atoms with van der Waals surface area (Å²) >= 11 is 0. The molecule has 0 fully saturated rings. The first kappa shape index (κ1) is 32.8. The molecule has 10 aromatic rings. The third-order valence-electron chi connectivity index (χ3n) is 9.77. The van der Waals surface area contributed by atoms with Gasteiger partial charge >= 0.3 is 0 Å². The Morgan fingerprint density at radius 2 is 0.685 bits per heavy atom. The summed E-state index contributed by atoms with van der Waals surface area (Å²) in [5, 5.41) is 4.84. The molecule has 260 valence electrons. The monoisotopic (exact) mass is 698 g/mol. The molecule has 0 N–H and O–H groups in total. The molecular weight excluding hydrogens is 661 g/mol. The lowest BCUT2D eigenvalue weighted by Crippen LogP contribution is -1.96. The van der Waals surface area contributed by atoms with Crippen LogP contribution in [0, 0.1) is 0 Å². The maximum absolute atomic E-state index is 6.40. The maximum Gasteiger partial charge on any atom is 0.133 e. The van der Waals surface area contributed by atoms with E-state index in [1.165, 1.54) is 43.7 Å². The molecule has 0 aliphatic rings. The second kappa shape index (κ2) is 14.2. The third kappa shape index (κ3) is 5.94. The molecule has 0 unspecified atom stereocenters. The van der Waals surface area contributed by atoms with Gasteiger partial charge in [-0.1, -0.05) is 117 Å². The Hall–Kier alpha value is -7.04. The first-order chi connectivity index (χ1) is 26.8. The molecular formula is C50H38N2O2. The number of hydrogen-bond donors (Lipinski definition) is 0.